The van der Waals surface area contributed by atoms with Crippen LogP contribution in [0.5, 0.6) is 5.88 Å². The molecule has 1 aliphatic heterocycles. The molecule has 1 aromatic heterocycles. The average molecular weight is 285 g/mol. The van der Waals surface area contributed by atoms with Crippen LogP contribution < -0.4 is 9.64 Å². The van der Waals surface area contributed by atoms with Gasteiger partial charge in [0.15, 0.2) is 6.10 Å². The number of nitrogens with zero attached hydrogens (tertiary/aromatic N) is 3. The van der Waals surface area contributed by atoms with Crippen molar-refractivity contribution >= 4 is 23.5 Å². The average Bonchev–Trinajstić information content (AvgIpc) is 3.06. The van der Waals surface area contributed by atoms with Crippen molar-refractivity contribution in [3.8, 4) is 5.88 Å². The number of hydrogen-bond acceptors (Lipinski definition) is 7. The van der Waals surface area contributed by atoms with Gasteiger partial charge >= 0.3 is 5.97 Å². The van der Waals surface area contributed by atoms with Crippen LogP contribution in [0.2, 0.25) is 0 Å². The number of hydrogen-bond donors (Lipinski definition) is 0. The van der Waals surface area contributed by atoms with Gasteiger partial charge in [0.25, 0.3) is 5.88 Å². The summed E-state index contributed by atoms with van der Waals surface area (Å²) in [6.07, 6.45) is 2.26. The quantitative estimate of drug-likeness (QED) is 0.743. The van der Waals surface area contributed by atoms with Gasteiger partial charge in [0.2, 0.25) is 5.82 Å². The maximum absolute atomic E-state index is 11.7. The first-order valence-corrected chi connectivity index (χ1v) is 7.40. The fourth-order valence-corrected chi connectivity index (χ4v) is 2.55. The maximum Gasteiger partial charge on any atom is 0.347 e. The Morgan fingerprint density at radius 2 is 2.11 bits per heavy atom. The molecule has 0 bridgehead atoms. The summed E-state index contributed by atoms with van der Waals surface area (Å²) in [5, 5.41) is 0. The molecule has 0 radical (unpaired) electrons. The highest BCUT2D eigenvalue weighted by molar-refractivity contribution is 6.99. The number of esters is 1. The minimum Gasteiger partial charge on any atom is -0.463 e. The smallest absolute Gasteiger partial charge is 0.347 e. The second kappa shape index (κ2) is 6.70. The summed E-state index contributed by atoms with van der Waals surface area (Å²) in [5.41, 5.74) is 0. The van der Waals surface area contributed by atoms with Crippen molar-refractivity contribution < 1.29 is 14.3 Å². The Hall–Kier alpha value is -1.37. The molecule has 7 heteroatoms. The molecule has 0 amide bonds. The van der Waals surface area contributed by atoms with E-state index in [4.69, 9.17) is 9.47 Å². The van der Waals surface area contributed by atoms with Gasteiger partial charge in [0, 0.05) is 13.1 Å². The predicted octanol–water partition coefficient (Wildman–Crippen LogP) is 1.86. The Morgan fingerprint density at radius 1 is 1.37 bits per heavy atom. The van der Waals surface area contributed by atoms with Gasteiger partial charge in [0.05, 0.1) is 18.3 Å². The lowest BCUT2D eigenvalue weighted by molar-refractivity contribution is -0.151. The molecule has 6 nitrogen and oxygen atoms in total. The standard InChI is InChI=1S/C12H19N3O3S/c1-3-9(12(16)17-4-2)18-11-10(13-19-14-11)15-7-5-6-8-15/h9H,3-8H2,1-2H3. The highest BCUT2D eigenvalue weighted by Gasteiger charge is 2.26. The number of aromatic nitrogens is 2. The van der Waals surface area contributed by atoms with Crippen molar-refractivity contribution in [2.24, 2.45) is 0 Å². The van der Waals surface area contributed by atoms with Gasteiger partial charge < -0.3 is 14.4 Å². The van der Waals surface area contributed by atoms with Gasteiger partial charge in [-0.05, 0) is 26.2 Å². The zero-order valence-corrected chi connectivity index (χ0v) is 12.1. The van der Waals surface area contributed by atoms with Crippen molar-refractivity contribution in [1.82, 2.24) is 8.75 Å². The van der Waals surface area contributed by atoms with Gasteiger partial charge in [0.1, 0.15) is 0 Å². The fourth-order valence-electron chi connectivity index (χ4n) is 2.04. The third-order valence-electron chi connectivity index (χ3n) is 3.02. The van der Waals surface area contributed by atoms with Crippen LogP contribution in [-0.4, -0.2) is 40.5 Å². The number of ether oxygens (including phenoxy) is 2. The summed E-state index contributed by atoms with van der Waals surface area (Å²) in [6, 6.07) is 0. The van der Waals surface area contributed by atoms with E-state index < -0.39 is 6.10 Å². The molecule has 106 valence electrons. The Bertz CT molecular complexity index is 418. The molecule has 0 aliphatic carbocycles. The second-order valence-corrected chi connectivity index (χ2v) is 4.88. The fraction of sp³-hybridized carbons (Fsp3) is 0.750. The van der Waals surface area contributed by atoms with Crippen LogP contribution in [0.1, 0.15) is 33.1 Å². The molecule has 1 aliphatic rings. The Kier molecular flexibility index (Phi) is 4.95. The number of rotatable bonds is 6. The molecular formula is C12H19N3O3S. The SMILES string of the molecule is CCOC(=O)C(CC)Oc1nsnc1N1CCCC1. The van der Waals surface area contributed by atoms with E-state index in [0.29, 0.717) is 18.9 Å². The zero-order valence-electron chi connectivity index (χ0n) is 11.3. The molecule has 2 rings (SSSR count). The molecule has 2 heterocycles. The molecule has 1 aromatic rings. The third-order valence-corrected chi connectivity index (χ3v) is 3.52. The van der Waals surface area contributed by atoms with Crippen molar-refractivity contribution in [1.29, 1.82) is 0 Å². The highest BCUT2D eigenvalue weighted by Crippen LogP contribution is 2.29. The van der Waals surface area contributed by atoms with E-state index in [9.17, 15) is 4.79 Å². The number of carbonyl (C=O) groups is 1. The van der Waals surface area contributed by atoms with Crippen LogP contribution in [0.3, 0.4) is 0 Å². The first-order valence-electron chi connectivity index (χ1n) is 6.67. The topological polar surface area (TPSA) is 64.5 Å². The number of anilines is 1. The van der Waals surface area contributed by atoms with Crippen LogP contribution >= 0.6 is 11.7 Å². The third kappa shape index (κ3) is 3.34. The lowest BCUT2D eigenvalue weighted by atomic mass is 10.3. The van der Waals surface area contributed by atoms with Gasteiger partial charge in [-0.3, -0.25) is 0 Å². The lowest BCUT2D eigenvalue weighted by Crippen LogP contribution is -2.29. The summed E-state index contributed by atoms with van der Waals surface area (Å²) < 4.78 is 19.1. The molecule has 0 N–H and O–H groups in total. The molecule has 1 atom stereocenters. The summed E-state index contributed by atoms with van der Waals surface area (Å²) >= 11 is 1.11. The predicted molar refractivity (Wildman–Crippen MR) is 72.7 cm³/mol. The number of carbonyl (C=O) groups excluding carboxylic acids is 1. The molecule has 1 unspecified atom stereocenters. The summed E-state index contributed by atoms with van der Waals surface area (Å²) in [6.45, 7) is 5.96. The van der Waals surface area contributed by atoms with E-state index in [1.165, 1.54) is 0 Å². The van der Waals surface area contributed by atoms with E-state index in [2.05, 4.69) is 13.6 Å². The normalized spacial score (nSPS) is 16.4. The van der Waals surface area contributed by atoms with E-state index in [1.54, 1.807) is 6.92 Å². The molecule has 0 saturated carbocycles. The minimum absolute atomic E-state index is 0.342. The first-order chi connectivity index (χ1) is 9.26. The molecule has 19 heavy (non-hydrogen) atoms. The van der Waals surface area contributed by atoms with E-state index in [1.807, 2.05) is 6.92 Å². The Labute approximate surface area is 117 Å². The van der Waals surface area contributed by atoms with Crippen LogP contribution in [0, 0.1) is 0 Å². The maximum atomic E-state index is 11.7. The van der Waals surface area contributed by atoms with Crippen LogP contribution in [0.4, 0.5) is 5.82 Å². The van der Waals surface area contributed by atoms with Crippen LogP contribution in [-0.2, 0) is 9.53 Å². The monoisotopic (exact) mass is 285 g/mol. The van der Waals surface area contributed by atoms with E-state index in [0.717, 1.165) is 43.5 Å². The highest BCUT2D eigenvalue weighted by atomic mass is 32.1. The van der Waals surface area contributed by atoms with Gasteiger partial charge in [-0.25, -0.2) is 4.79 Å². The van der Waals surface area contributed by atoms with E-state index >= 15 is 0 Å². The zero-order chi connectivity index (χ0) is 13.7. The summed E-state index contributed by atoms with van der Waals surface area (Å²) in [7, 11) is 0. The molecule has 0 spiro atoms. The van der Waals surface area contributed by atoms with Crippen LogP contribution in [0.15, 0.2) is 0 Å². The van der Waals surface area contributed by atoms with Crippen molar-refractivity contribution in [2.75, 3.05) is 24.6 Å². The summed E-state index contributed by atoms with van der Waals surface area (Å²) in [5.74, 6) is 0.863. The molecule has 0 aromatic carbocycles. The van der Waals surface area contributed by atoms with E-state index in [-0.39, 0.29) is 5.97 Å². The summed E-state index contributed by atoms with van der Waals surface area (Å²) in [4.78, 5) is 13.9. The van der Waals surface area contributed by atoms with Crippen LogP contribution in [0.25, 0.3) is 0 Å². The van der Waals surface area contributed by atoms with Gasteiger partial charge in [-0.15, -0.1) is 4.37 Å². The Morgan fingerprint density at radius 3 is 2.74 bits per heavy atom. The molecular weight excluding hydrogens is 266 g/mol. The van der Waals surface area contributed by atoms with Crippen molar-refractivity contribution in [2.45, 2.75) is 39.2 Å². The Balaban J connectivity index is 2.05. The minimum atomic E-state index is -0.606. The molecule has 1 saturated heterocycles. The van der Waals surface area contributed by atoms with Gasteiger partial charge in [-0.1, -0.05) is 6.92 Å². The van der Waals surface area contributed by atoms with Gasteiger partial charge in [-0.2, -0.15) is 4.37 Å². The van der Waals surface area contributed by atoms with Crippen molar-refractivity contribution in [3.05, 3.63) is 0 Å². The largest absolute Gasteiger partial charge is 0.463 e. The van der Waals surface area contributed by atoms with Crippen molar-refractivity contribution in [3.63, 3.8) is 0 Å². The first kappa shape index (κ1) is 14.0. The second-order valence-electron chi connectivity index (χ2n) is 4.35. The lowest BCUT2D eigenvalue weighted by Gasteiger charge is -2.18. The molecule has 1 fully saturated rings.